The van der Waals surface area contributed by atoms with E-state index in [4.69, 9.17) is 14.2 Å². The molecule has 0 saturated heterocycles. The van der Waals surface area contributed by atoms with Crippen molar-refractivity contribution in [1.29, 1.82) is 0 Å². The van der Waals surface area contributed by atoms with Crippen LogP contribution in [0, 0.1) is 0 Å². The minimum atomic E-state index is -0.109. The molecule has 0 atom stereocenters. The molecular weight excluding hydrogens is 222 g/mol. The zero-order chi connectivity index (χ0) is 12.2. The zero-order valence-corrected chi connectivity index (χ0v) is 12.6. The van der Waals surface area contributed by atoms with Crippen LogP contribution < -0.4 is 0 Å². The van der Waals surface area contributed by atoms with E-state index in [-0.39, 0.29) is 15.8 Å². The van der Waals surface area contributed by atoms with E-state index in [9.17, 15) is 0 Å². The van der Waals surface area contributed by atoms with Gasteiger partial charge >= 0.3 is 0 Å². The standard InChI is InChI=1S/C11H27NO3Si/c1-5-12(6-2)10-15-7-8-16-9-11(13-3)14-4/h11H,5-10,16H2,1-4H3. The molecule has 0 spiro atoms. The van der Waals surface area contributed by atoms with Gasteiger partial charge in [-0.3, -0.25) is 4.90 Å². The second-order valence-corrected chi connectivity index (χ2v) is 5.73. The van der Waals surface area contributed by atoms with Crippen molar-refractivity contribution < 1.29 is 14.2 Å². The Kier molecular flexibility index (Phi) is 11.6. The van der Waals surface area contributed by atoms with Crippen LogP contribution in [0.15, 0.2) is 0 Å². The molecule has 0 heterocycles. The molecule has 16 heavy (non-hydrogen) atoms. The van der Waals surface area contributed by atoms with Crippen molar-refractivity contribution >= 4 is 9.52 Å². The van der Waals surface area contributed by atoms with Gasteiger partial charge in [0.15, 0.2) is 6.29 Å². The van der Waals surface area contributed by atoms with E-state index >= 15 is 0 Å². The minimum Gasteiger partial charge on any atom is -0.366 e. The fraction of sp³-hybridized carbons (Fsp3) is 1.00. The molecule has 5 heteroatoms. The van der Waals surface area contributed by atoms with E-state index in [0.29, 0.717) is 0 Å². The van der Waals surface area contributed by atoms with E-state index in [0.717, 1.165) is 32.5 Å². The summed E-state index contributed by atoms with van der Waals surface area (Å²) in [6, 6.07) is 2.27. The Hall–Kier alpha value is 0.0569. The Morgan fingerprint density at radius 3 is 2.25 bits per heavy atom. The summed E-state index contributed by atoms with van der Waals surface area (Å²) in [6.07, 6.45) is -0.00514. The van der Waals surface area contributed by atoms with Crippen LogP contribution in [0.2, 0.25) is 12.1 Å². The highest BCUT2D eigenvalue weighted by Gasteiger charge is 2.04. The van der Waals surface area contributed by atoms with Crippen molar-refractivity contribution in [1.82, 2.24) is 4.90 Å². The lowest BCUT2D eigenvalue weighted by Crippen LogP contribution is -2.26. The van der Waals surface area contributed by atoms with Crippen LogP contribution in [0.5, 0.6) is 0 Å². The summed E-state index contributed by atoms with van der Waals surface area (Å²) >= 11 is 0. The summed E-state index contributed by atoms with van der Waals surface area (Å²) in [5.41, 5.74) is 0. The van der Waals surface area contributed by atoms with Crippen LogP contribution in [0.4, 0.5) is 0 Å². The van der Waals surface area contributed by atoms with Gasteiger partial charge in [-0.1, -0.05) is 13.8 Å². The lowest BCUT2D eigenvalue weighted by Gasteiger charge is -2.18. The van der Waals surface area contributed by atoms with Gasteiger partial charge in [0.1, 0.15) is 0 Å². The van der Waals surface area contributed by atoms with E-state index in [1.807, 2.05) is 0 Å². The smallest absolute Gasteiger partial charge is 0.153 e. The number of nitrogens with zero attached hydrogens (tertiary/aromatic N) is 1. The second kappa shape index (κ2) is 11.5. The molecule has 0 aliphatic heterocycles. The minimum absolute atomic E-state index is 0.00514. The van der Waals surface area contributed by atoms with Crippen LogP contribution in [0.25, 0.3) is 0 Å². The Labute approximate surface area is 102 Å². The summed E-state index contributed by atoms with van der Waals surface area (Å²) in [7, 11) is 3.28. The van der Waals surface area contributed by atoms with E-state index < -0.39 is 0 Å². The predicted octanol–water partition coefficient (Wildman–Crippen LogP) is 0.927. The van der Waals surface area contributed by atoms with Crippen molar-refractivity contribution in [2.75, 3.05) is 40.6 Å². The van der Waals surface area contributed by atoms with E-state index in [2.05, 4.69) is 18.7 Å². The first kappa shape index (κ1) is 16.1. The van der Waals surface area contributed by atoms with Gasteiger partial charge < -0.3 is 14.2 Å². The summed E-state index contributed by atoms with van der Waals surface area (Å²) < 4.78 is 15.9. The molecule has 0 aliphatic carbocycles. The molecule has 0 fully saturated rings. The highest BCUT2D eigenvalue weighted by atomic mass is 28.2. The SMILES string of the molecule is CCN(CC)COCC[SiH2]CC(OC)OC. The lowest BCUT2D eigenvalue weighted by molar-refractivity contribution is -0.0876. The Balaban J connectivity index is 3.26. The molecule has 0 radical (unpaired) electrons. The average Bonchev–Trinajstić information content (AvgIpc) is 2.33. The summed E-state index contributed by atoms with van der Waals surface area (Å²) in [4.78, 5) is 2.27. The Bertz CT molecular complexity index is 125. The van der Waals surface area contributed by atoms with Gasteiger partial charge in [-0.05, 0) is 25.2 Å². The van der Waals surface area contributed by atoms with Crippen molar-refractivity contribution in [3.8, 4) is 0 Å². The number of methoxy groups -OCH3 is 2. The van der Waals surface area contributed by atoms with Gasteiger partial charge in [0.2, 0.25) is 0 Å². The van der Waals surface area contributed by atoms with Gasteiger partial charge in [-0.25, -0.2) is 0 Å². The molecule has 0 aromatic heterocycles. The van der Waals surface area contributed by atoms with Crippen LogP contribution in [0.3, 0.4) is 0 Å². The predicted molar refractivity (Wildman–Crippen MR) is 69.7 cm³/mol. The molecule has 0 unspecified atom stereocenters. The molecule has 0 aromatic carbocycles. The van der Waals surface area contributed by atoms with Crippen LogP contribution in [-0.4, -0.2) is 61.4 Å². The first-order chi connectivity index (χ1) is 7.78. The molecule has 0 amide bonds. The lowest BCUT2D eigenvalue weighted by atomic mass is 10.6. The molecule has 0 aromatic rings. The first-order valence-electron chi connectivity index (χ1n) is 6.14. The zero-order valence-electron chi connectivity index (χ0n) is 11.2. The topological polar surface area (TPSA) is 30.9 Å². The molecule has 0 bridgehead atoms. The van der Waals surface area contributed by atoms with Gasteiger partial charge in [0.25, 0.3) is 0 Å². The van der Waals surface area contributed by atoms with Crippen molar-refractivity contribution in [2.24, 2.45) is 0 Å². The molecule has 4 nitrogen and oxygen atoms in total. The maximum absolute atomic E-state index is 5.61. The fourth-order valence-corrected chi connectivity index (χ4v) is 2.95. The second-order valence-electron chi connectivity index (χ2n) is 3.74. The summed E-state index contributed by atoms with van der Waals surface area (Å²) in [5.74, 6) is 0. The quantitative estimate of drug-likeness (QED) is 0.310. The maximum Gasteiger partial charge on any atom is 0.153 e. The Morgan fingerprint density at radius 1 is 1.12 bits per heavy atom. The van der Waals surface area contributed by atoms with Gasteiger partial charge in [0.05, 0.1) is 6.73 Å². The number of rotatable bonds is 11. The summed E-state index contributed by atoms with van der Waals surface area (Å²) in [5, 5.41) is 0. The Morgan fingerprint density at radius 2 is 1.75 bits per heavy atom. The number of hydrogen-bond acceptors (Lipinski definition) is 4. The molecule has 0 N–H and O–H groups in total. The van der Waals surface area contributed by atoms with E-state index in [1.54, 1.807) is 14.2 Å². The van der Waals surface area contributed by atoms with Crippen molar-refractivity contribution in [3.05, 3.63) is 0 Å². The number of ether oxygens (including phenoxy) is 3. The van der Waals surface area contributed by atoms with Gasteiger partial charge in [-0.2, -0.15) is 0 Å². The van der Waals surface area contributed by atoms with Crippen LogP contribution in [-0.2, 0) is 14.2 Å². The first-order valence-corrected chi connectivity index (χ1v) is 8.14. The fourth-order valence-electron chi connectivity index (χ4n) is 1.45. The average molecular weight is 249 g/mol. The van der Waals surface area contributed by atoms with E-state index in [1.165, 1.54) is 6.04 Å². The van der Waals surface area contributed by atoms with Crippen LogP contribution >= 0.6 is 0 Å². The largest absolute Gasteiger partial charge is 0.366 e. The molecular formula is C11H27NO3Si. The monoisotopic (exact) mass is 249 g/mol. The van der Waals surface area contributed by atoms with Gasteiger partial charge in [0, 0.05) is 30.3 Å². The molecule has 0 aliphatic rings. The van der Waals surface area contributed by atoms with Crippen molar-refractivity contribution in [2.45, 2.75) is 32.2 Å². The van der Waals surface area contributed by atoms with Gasteiger partial charge in [-0.15, -0.1) is 0 Å². The van der Waals surface area contributed by atoms with Crippen LogP contribution in [0.1, 0.15) is 13.8 Å². The third kappa shape index (κ3) is 8.24. The maximum atomic E-state index is 5.61. The number of hydrogen-bond donors (Lipinski definition) is 0. The molecule has 0 rings (SSSR count). The third-order valence-corrected chi connectivity index (χ3v) is 4.34. The highest BCUT2D eigenvalue weighted by molar-refractivity contribution is 6.35. The normalized spacial score (nSPS) is 12.4. The molecule has 0 saturated carbocycles. The molecule has 98 valence electrons. The highest BCUT2D eigenvalue weighted by Crippen LogP contribution is 1.99. The third-order valence-electron chi connectivity index (χ3n) is 2.67. The van der Waals surface area contributed by atoms with Crippen molar-refractivity contribution in [3.63, 3.8) is 0 Å². The summed E-state index contributed by atoms with van der Waals surface area (Å²) in [6.45, 7) is 8.07.